The molecule has 1 aliphatic heterocycles. The minimum Gasteiger partial charge on any atom is -0.370 e. The molecule has 2 heterocycles. The van der Waals surface area contributed by atoms with Crippen LogP contribution in [0.2, 0.25) is 0 Å². The summed E-state index contributed by atoms with van der Waals surface area (Å²) in [5.41, 5.74) is 19.0. The van der Waals surface area contributed by atoms with Crippen molar-refractivity contribution in [2.24, 2.45) is 28.1 Å². The van der Waals surface area contributed by atoms with Crippen molar-refractivity contribution in [1.29, 1.82) is 0 Å². The summed E-state index contributed by atoms with van der Waals surface area (Å²) in [4.78, 5) is 105. The van der Waals surface area contributed by atoms with E-state index in [4.69, 9.17) is 17.2 Å². The highest BCUT2D eigenvalue weighted by Gasteiger charge is 2.35. The number of guanidine groups is 1. The lowest BCUT2D eigenvalue weighted by Crippen LogP contribution is -2.61. The molecule has 18 nitrogen and oxygen atoms in total. The number of para-hydroxylation sites is 1. The Labute approximate surface area is 372 Å². The van der Waals surface area contributed by atoms with Crippen molar-refractivity contribution in [2.75, 3.05) is 6.54 Å². The lowest BCUT2D eigenvalue weighted by molar-refractivity contribution is -0.136. The summed E-state index contributed by atoms with van der Waals surface area (Å²) in [6.07, 6.45) is 2.91. The molecule has 0 saturated carbocycles. The predicted octanol–water partition coefficient (Wildman–Crippen LogP) is 1.19. The lowest BCUT2D eigenvalue weighted by Gasteiger charge is -2.29. The maximum Gasteiger partial charge on any atom is 0.243 e. The highest BCUT2D eigenvalue weighted by atomic mass is 16.2. The molecule has 0 spiro atoms. The number of carbonyl (C=O) groups is 7. The van der Waals surface area contributed by atoms with Crippen molar-refractivity contribution in [2.45, 2.75) is 115 Å². The SMILES string of the molecule is CCCC[C@@H]1NC(=O)CC[C@@H](C(N)=O)NC(=O)[C@H](Cc2c[nH]c3ccccc23)NC(=O)[C@H](CCCN=C(N)N)NC(=O)[C@@H](Cc2ccc3ccccc3c2)NC(=O)[C@H](C(C)C)NC1=O. The molecule has 4 aromatic rings. The molecule has 5 rings (SSSR count). The molecule has 13 N–H and O–H groups in total. The minimum atomic E-state index is -1.34. The van der Waals surface area contributed by atoms with E-state index in [1.54, 1.807) is 20.0 Å². The lowest BCUT2D eigenvalue weighted by atomic mass is 9.98. The van der Waals surface area contributed by atoms with Crippen LogP contribution in [0.4, 0.5) is 0 Å². The van der Waals surface area contributed by atoms with E-state index in [2.05, 4.69) is 41.9 Å². The number of amides is 7. The van der Waals surface area contributed by atoms with Gasteiger partial charge < -0.3 is 54.1 Å². The summed E-state index contributed by atoms with van der Waals surface area (Å²) < 4.78 is 0. The summed E-state index contributed by atoms with van der Waals surface area (Å²) in [5.74, 6) is -5.64. The van der Waals surface area contributed by atoms with Gasteiger partial charge in [0.25, 0.3) is 0 Å². The maximum absolute atomic E-state index is 14.6. The Kier molecular flexibility index (Phi) is 17.2. The summed E-state index contributed by atoms with van der Waals surface area (Å²) in [6, 6.07) is 13.3. The van der Waals surface area contributed by atoms with E-state index >= 15 is 0 Å². The quantitative estimate of drug-likeness (QED) is 0.0524. The number of rotatable bonds is 13. The molecule has 342 valence electrons. The van der Waals surface area contributed by atoms with Crippen LogP contribution in [0, 0.1) is 5.92 Å². The van der Waals surface area contributed by atoms with Crippen LogP contribution in [-0.2, 0) is 46.4 Å². The zero-order valence-electron chi connectivity index (χ0n) is 36.6. The van der Waals surface area contributed by atoms with Crippen LogP contribution in [0.1, 0.15) is 76.8 Å². The highest BCUT2D eigenvalue weighted by molar-refractivity contribution is 5.98. The van der Waals surface area contributed by atoms with Gasteiger partial charge in [0.15, 0.2) is 5.96 Å². The first kappa shape index (κ1) is 48.1. The van der Waals surface area contributed by atoms with E-state index < -0.39 is 83.5 Å². The molecule has 0 bridgehead atoms. The summed E-state index contributed by atoms with van der Waals surface area (Å²) in [6.45, 7) is 5.52. The summed E-state index contributed by atoms with van der Waals surface area (Å²) in [5, 5.41) is 19.3. The van der Waals surface area contributed by atoms with Crippen LogP contribution in [0.3, 0.4) is 0 Å². The van der Waals surface area contributed by atoms with Crippen LogP contribution in [0.15, 0.2) is 77.9 Å². The topological polar surface area (TPSA) is 298 Å². The van der Waals surface area contributed by atoms with Gasteiger partial charge in [-0.05, 0) is 59.6 Å². The third-order valence-electron chi connectivity index (χ3n) is 11.3. The van der Waals surface area contributed by atoms with Crippen molar-refractivity contribution in [3.63, 3.8) is 0 Å². The third kappa shape index (κ3) is 13.5. The van der Waals surface area contributed by atoms with Crippen molar-refractivity contribution in [1.82, 2.24) is 36.9 Å². The Morgan fingerprint density at radius 3 is 2.02 bits per heavy atom. The van der Waals surface area contributed by atoms with Gasteiger partial charge in [-0.3, -0.25) is 38.6 Å². The van der Waals surface area contributed by atoms with Crippen LogP contribution >= 0.6 is 0 Å². The van der Waals surface area contributed by atoms with Crippen molar-refractivity contribution < 1.29 is 33.6 Å². The molecule has 1 aliphatic rings. The molecule has 1 fully saturated rings. The third-order valence-corrected chi connectivity index (χ3v) is 11.3. The van der Waals surface area contributed by atoms with Crippen molar-refractivity contribution >= 4 is 69.0 Å². The number of carbonyl (C=O) groups excluding carboxylic acids is 7. The maximum atomic E-state index is 14.6. The molecule has 64 heavy (non-hydrogen) atoms. The first-order valence-electron chi connectivity index (χ1n) is 21.8. The smallest absolute Gasteiger partial charge is 0.243 e. The van der Waals surface area contributed by atoms with Gasteiger partial charge in [-0.25, -0.2) is 0 Å². The number of hydrogen-bond acceptors (Lipinski definition) is 8. The summed E-state index contributed by atoms with van der Waals surface area (Å²) >= 11 is 0. The highest BCUT2D eigenvalue weighted by Crippen LogP contribution is 2.21. The van der Waals surface area contributed by atoms with Crippen molar-refractivity contribution in [3.05, 3.63) is 84.1 Å². The average Bonchev–Trinajstić information content (AvgIpc) is 3.67. The molecule has 6 atom stereocenters. The molecule has 18 heteroatoms. The molecular formula is C46H61N11O7. The van der Waals surface area contributed by atoms with E-state index in [1.807, 2.05) is 73.7 Å². The van der Waals surface area contributed by atoms with Crippen molar-refractivity contribution in [3.8, 4) is 0 Å². The molecule has 3 aromatic carbocycles. The Bertz CT molecular complexity index is 2340. The fraction of sp³-hybridized carbons (Fsp3) is 0.435. The number of fused-ring (bicyclic) bond motifs is 2. The number of hydrogen-bond donors (Lipinski definition) is 10. The monoisotopic (exact) mass is 879 g/mol. The van der Waals surface area contributed by atoms with Gasteiger partial charge in [0.05, 0.1) is 0 Å². The zero-order chi connectivity index (χ0) is 46.3. The van der Waals surface area contributed by atoms with Crippen LogP contribution in [-0.4, -0.2) is 95.1 Å². The Balaban J connectivity index is 1.56. The molecule has 1 saturated heterocycles. The number of unbranched alkanes of at least 4 members (excludes halogenated alkanes) is 1. The van der Waals surface area contributed by atoms with Crippen LogP contribution in [0.5, 0.6) is 0 Å². The number of aromatic amines is 1. The number of aromatic nitrogens is 1. The number of benzene rings is 3. The number of nitrogens with one attached hydrogen (secondary N) is 7. The van der Waals surface area contributed by atoms with Gasteiger partial charge in [0.2, 0.25) is 41.4 Å². The number of nitrogens with two attached hydrogens (primary N) is 3. The normalized spacial score (nSPS) is 22.1. The Hall–Kier alpha value is -6.98. The molecule has 0 aliphatic carbocycles. The van der Waals surface area contributed by atoms with E-state index in [-0.39, 0.29) is 57.5 Å². The van der Waals surface area contributed by atoms with E-state index in [0.29, 0.717) is 24.0 Å². The molecular weight excluding hydrogens is 819 g/mol. The molecule has 7 amide bonds. The van der Waals surface area contributed by atoms with Gasteiger partial charge in [-0.2, -0.15) is 0 Å². The van der Waals surface area contributed by atoms with Gasteiger partial charge in [-0.1, -0.05) is 94.3 Å². The number of H-pyrrole nitrogens is 1. The Morgan fingerprint density at radius 2 is 1.30 bits per heavy atom. The predicted molar refractivity (Wildman–Crippen MR) is 244 cm³/mol. The Morgan fingerprint density at radius 1 is 0.688 bits per heavy atom. The van der Waals surface area contributed by atoms with E-state index in [1.165, 1.54) is 0 Å². The number of nitrogens with zero attached hydrogens (tertiary/aromatic N) is 1. The molecule has 0 radical (unpaired) electrons. The van der Waals surface area contributed by atoms with E-state index in [0.717, 1.165) is 21.7 Å². The molecule has 1 aromatic heterocycles. The number of primary amides is 1. The van der Waals surface area contributed by atoms with Crippen LogP contribution in [0.25, 0.3) is 21.7 Å². The second-order valence-corrected chi connectivity index (χ2v) is 16.6. The minimum absolute atomic E-state index is 0.00120. The standard InChI is InChI=1S/C46H61N11O7/c1-4-5-14-34-42(61)57-39(26(2)3)45(64)56-36(23-27-17-18-28-11-6-7-12-29(28)22-27)43(62)54-35(16-10-21-50-46(48)49)41(60)55-37(24-30-25-51-32-15-9-8-13-31(30)32)44(63)53-33(40(47)59)19-20-38(58)52-34/h6-9,11-13,15,17-18,22,25-26,33-37,39,51H,4-5,10,14,16,19-21,23-24H2,1-3H3,(H2,47,59)(H,52,58)(H,53,63)(H,54,62)(H,55,60)(H,56,64)(H,57,61)(H4,48,49,50)/t33-,34-,35-,36+,37-,39-/m0/s1. The van der Waals surface area contributed by atoms with Crippen LogP contribution < -0.4 is 49.1 Å². The largest absolute Gasteiger partial charge is 0.370 e. The van der Waals surface area contributed by atoms with Gasteiger partial charge in [-0.15, -0.1) is 0 Å². The number of aliphatic imine (C=N–C) groups is 1. The fourth-order valence-corrected chi connectivity index (χ4v) is 7.68. The first-order chi connectivity index (χ1) is 30.6. The second kappa shape index (κ2) is 22.9. The average molecular weight is 880 g/mol. The summed E-state index contributed by atoms with van der Waals surface area (Å²) in [7, 11) is 0. The van der Waals surface area contributed by atoms with Gasteiger partial charge >= 0.3 is 0 Å². The van der Waals surface area contributed by atoms with Gasteiger partial charge in [0.1, 0.15) is 36.3 Å². The first-order valence-corrected chi connectivity index (χ1v) is 21.8. The molecule has 0 unspecified atom stereocenters. The van der Waals surface area contributed by atoms with Gasteiger partial charge in [0, 0.05) is 42.9 Å². The van der Waals surface area contributed by atoms with E-state index in [9.17, 15) is 33.6 Å². The second-order valence-electron chi connectivity index (χ2n) is 16.6. The zero-order valence-corrected chi connectivity index (χ0v) is 36.6. The fourth-order valence-electron chi connectivity index (χ4n) is 7.68.